The average molecular weight is 338 g/mol. The minimum absolute atomic E-state index is 0.151. The van der Waals surface area contributed by atoms with Crippen molar-refractivity contribution in [2.24, 2.45) is 17.3 Å². The molecule has 0 amide bonds. The summed E-state index contributed by atoms with van der Waals surface area (Å²) in [6, 6.07) is 3.84. The van der Waals surface area contributed by atoms with Crippen LogP contribution in [0.5, 0.6) is 5.75 Å². The molecule has 2 saturated carbocycles. The van der Waals surface area contributed by atoms with E-state index >= 15 is 0 Å². The Morgan fingerprint density at radius 3 is 2.84 bits per heavy atom. The molecule has 1 aromatic rings. The summed E-state index contributed by atoms with van der Waals surface area (Å²) in [5, 5.41) is 10.0. The Morgan fingerprint density at radius 1 is 1.24 bits per heavy atom. The molecule has 0 radical (unpaired) electrons. The summed E-state index contributed by atoms with van der Waals surface area (Å²) in [7, 11) is 0. The number of aryl methyl sites for hydroxylation is 1. The van der Waals surface area contributed by atoms with Gasteiger partial charge in [-0.1, -0.05) is 31.9 Å². The lowest BCUT2D eigenvalue weighted by Crippen LogP contribution is -2.40. The van der Waals surface area contributed by atoms with Crippen LogP contribution >= 0.6 is 0 Å². The second-order valence-corrected chi connectivity index (χ2v) is 8.66. The van der Waals surface area contributed by atoms with Crippen molar-refractivity contribution in [1.29, 1.82) is 0 Å². The standard InChI is InChI=1S/C23H30O2/c1-3-4-5-17-7-9-21-19-8-6-15-13-22(25)16(14-24)12-20(15)18(19)10-11-23(17,21)2/h5,12-14,18-19,21,25H,3-4,6-11H2,1-2H3/t18-,19+,21-,23+/m0/s1. The predicted octanol–water partition coefficient (Wildman–Crippen LogP) is 5.79. The summed E-state index contributed by atoms with van der Waals surface area (Å²) in [5.74, 6) is 2.25. The van der Waals surface area contributed by atoms with Crippen molar-refractivity contribution in [3.63, 3.8) is 0 Å². The number of hydrogen-bond acceptors (Lipinski definition) is 2. The van der Waals surface area contributed by atoms with Gasteiger partial charge in [-0.2, -0.15) is 0 Å². The average Bonchev–Trinajstić information content (AvgIpc) is 2.95. The van der Waals surface area contributed by atoms with Gasteiger partial charge in [0.2, 0.25) is 0 Å². The van der Waals surface area contributed by atoms with Crippen LogP contribution in [0.4, 0.5) is 0 Å². The molecule has 0 aromatic heterocycles. The third-order valence-corrected chi connectivity index (χ3v) is 7.53. The minimum atomic E-state index is 0.151. The summed E-state index contributed by atoms with van der Waals surface area (Å²) in [4.78, 5) is 11.3. The Bertz CT molecular complexity index is 717. The van der Waals surface area contributed by atoms with E-state index in [1.165, 1.54) is 56.1 Å². The smallest absolute Gasteiger partial charge is 0.153 e. The maximum atomic E-state index is 11.3. The van der Waals surface area contributed by atoms with Gasteiger partial charge in [-0.15, -0.1) is 0 Å². The molecule has 1 N–H and O–H groups in total. The Balaban J connectivity index is 1.67. The van der Waals surface area contributed by atoms with Crippen LogP contribution in [-0.2, 0) is 6.42 Å². The van der Waals surface area contributed by atoms with Crippen LogP contribution < -0.4 is 0 Å². The molecule has 0 aliphatic heterocycles. The fraction of sp³-hybridized carbons (Fsp3) is 0.609. The van der Waals surface area contributed by atoms with E-state index in [2.05, 4.69) is 19.9 Å². The Labute approximate surface area is 151 Å². The van der Waals surface area contributed by atoms with Gasteiger partial charge in [0, 0.05) is 0 Å². The molecule has 2 fully saturated rings. The molecule has 134 valence electrons. The summed E-state index contributed by atoms with van der Waals surface area (Å²) < 4.78 is 0. The Kier molecular flexibility index (Phi) is 4.25. The van der Waals surface area contributed by atoms with Gasteiger partial charge in [0.05, 0.1) is 5.56 Å². The van der Waals surface area contributed by atoms with E-state index in [0.717, 1.165) is 24.5 Å². The molecule has 0 unspecified atom stereocenters. The highest BCUT2D eigenvalue weighted by Gasteiger charge is 2.52. The molecular weight excluding hydrogens is 308 g/mol. The van der Waals surface area contributed by atoms with Crippen molar-refractivity contribution in [3.8, 4) is 5.75 Å². The number of hydrogen-bond donors (Lipinski definition) is 1. The number of aromatic hydroxyl groups is 1. The quantitative estimate of drug-likeness (QED) is 0.559. The monoisotopic (exact) mass is 338 g/mol. The van der Waals surface area contributed by atoms with Gasteiger partial charge in [-0.3, -0.25) is 4.79 Å². The summed E-state index contributed by atoms with van der Waals surface area (Å²) in [6.07, 6.45) is 13.2. The molecule has 0 heterocycles. The van der Waals surface area contributed by atoms with Crippen molar-refractivity contribution in [3.05, 3.63) is 40.5 Å². The van der Waals surface area contributed by atoms with Gasteiger partial charge >= 0.3 is 0 Å². The number of phenols is 1. The Hall–Kier alpha value is -1.57. The SMILES string of the molecule is CCCC=C1CC[C@H]2[C@@H]3CCc4cc(O)c(C=O)cc4[C@H]3CC[C@]12C. The maximum absolute atomic E-state index is 11.3. The van der Waals surface area contributed by atoms with Crippen LogP contribution in [0.2, 0.25) is 0 Å². The summed E-state index contributed by atoms with van der Waals surface area (Å²) in [6.45, 7) is 4.78. The van der Waals surface area contributed by atoms with E-state index in [1.54, 1.807) is 5.57 Å². The third kappa shape index (κ3) is 2.56. The second kappa shape index (κ2) is 6.30. The maximum Gasteiger partial charge on any atom is 0.153 e. The van der Waals surface area contributed by atoms with Gasteiger partial charge in [0.15, 0.2) is 6.29 Å². The molecule has 0 spiro atoms. The Morgan fingerprint density at radius 2 is 2.08 bits per heavy atom. The molecule has 3 aliphatic carbocycles. The van der Waals surface area contributed by atoms with Gasteiger partial charge in [-0.05, 0) is 91.4 Å². The zero-order valence-corrected chi connectivity index (χ0v) is 15.6. The van der Waals surface area contributed by atoms with E-state index in [4.69, 9.17) is 0 Å². The van der Waals surface area contributed by atoms with Crippen LogP contribution in [0, 0.1) is 17.3 Å². The number of rotatable bonds is 3. The molecule has 4 atom stereocenters. The number of aldehydes is 1. The van der Waals surface area contributed by atoms with E-state index in [9.17, 15) is 9.90 Å². The molecule has 2 heteroatoms. The van der Waals surface area contributed by atoms with E-state index in [1.807, 2.05) is 12.1 Å². The number of carbonyl (C=O) groups excluding carboxylic acids is 1. The first kappa shape index (κ1) is 16.9. The van der Waals surface area contributed by atoms with Crippen molar-refractivity contribution < 1.29 is 9.90 Å². The minimum Gasteiger partial charge on any atom is -0.507 e. The lowest BCUT2D eigenvalue weighted by Gasteiger charge is -2.49. The fourth-order valence-electron chi connectivity index (χ4n) is 6.22. The number of unbranched alkanes of at least 4 members (excludes halogenated alkanes) is 1. The highest BCUT2D eigenvalue weighted by Crippen LogP contribution is 2.63. The van der Waals surface area contributed by atoms with Crippen LogP contribution in [0.25, 0.3) is 0 Å². The van der Waals surface area contributed by atoms with Crippen molar-refractivity contribution in [2.75, 3.05) is 0 Å². The van der Waals surface area contributed by atoms with Gasteiger partial charge in [0.1, 0.15) is 5.75 Å². The number of phenolic OH excluding ortho intramolecular Hbond substituents is 1. The van der Waals surface area contributed by atoms with Gasteiger partial charge < -0.3 is 5.11 Å². The van der Waals surface area contributed by atoms with Crippen LogP contribution in [0.15, 0.2) is 23.8 Å². The van der Waals surface area contributed by atoms with E-state index in [-0.39, 0.29) is 5.75 Å². The predicted molar refractivity (Wildman–Crippen MR) is 101 cm³/mol. The van der Waals surface area contributed by atoms with Crippen LogP contribution in [-0.4, -0.2) is 11.4 Å². The van der Waals surface area contributed by atoms with E-state index in [0.29, 0.717) is 16.9 Å². The second-order valence-electron chi connectivity index (χ2n) is 8.66. The van der Waals surface area contributed by atoms with Crippen LogP contribution in [0.3, 0.4) is 0 Å². The fourth-order valence-corrected chi connectivity index (χ4v) is 6.22. The number of benzene rings is 1. The molecule has 4 rings (SSSR count). The zero-order valence-electron chi connectivity index (χ0n) is 15.6. The topological polar surface area (TPSA) is 37.3 Å². The van der Waals surface area contributed by atoms with Crippen LogP contribution in [0.1, 0.15) is 86.2 Å². The number of carbonyl (C=O) groups is 1. The van der Waals surface area contributed by atoms with Crippen molar-refractivity contribution >= 4 is 6.29 Å². The molecule has 25 heavy (non-hydrogen) atoms. The largest absolute Gasteiger partial charge is 0.507 e. The number of fused-ring (bicyclic) bond motifs is 5. The number of allylic oxidation sites excluding steroid dienone is 2. The highest BCUT2D eigenvalue weighted by molar-refractivity contribution is 5.80. The molecule has 2 nitrogen and oxygen atoms in total. The van der Waals surface area contributed by atoms with Crippen molar-refractivity contribution in [2.45, 2.75) is 71.1 Å². The first-order valence-corrected chi connectivity index (χ1v) is 10.1. The summed E-state index contributed by atoms with van der Waals surface area (Å²) in [5.41, 5.74) is 5.21. The molecular formula is C23H30O2. The first-order chi connectivity index (χ1) is 12.1. The first-order valence-electron chi connectivity index (χ1n) is 10.1. The van der Waals surface area contributed by atoms with E-state index < -0.39 is 0 Å². The highest BCUT2D eigenvalue weighted by atomic mass is 16.3. The van der Waals surface area contributed by atoms with Gasteiger partial charge in [-0.25, -0.2) is 0 Å². The summed E-state index contributed by atoms with van der Waals surface area (Å²) >= 11 is 0. The third-order valence-electron chi connectivity index (χ3n) is 7.53. The molecule has 3 aliphatic rings. The molecule has 0 bridgehead atoms. The lowest BCUT2D eigenvalue weighted by atomic mass is 9.55. The molecule has 1 aromatic carbocycles. The van der Waals surface area contributed by atoms with Crippen molar-refractivity contribution in [1.82, 2.24) is 0 Å². The van der Waals surface area contributed by atoms with Gasteiger partial charge in [0.25, 0.3) is 0 Å². The lowest BCUT2D eigenvalue weighted by molar-refractivity contribution is 0.0811. The zero-order chi connectivity index (χ0) is 17.6. The molecule has 0 saturated heterocycles. The normalized spacial score (nSPS) is 35.1.